The summed E-state index contributed by atoms with van der Waals surface area (Å²) in [5.74, 6) is -0.403. The Hall–Kier alpha value is -2.83. The van der Waals surface area contributed by atoms with E-state index in [1.54, 1.807) is 12.1 Å². The first kappa shape index (κ1) is 26.2. The minimum atomic E-state index is -4.43. The second-order valence-electron chi connectivity index (χ2n) is 8.70. The molecule has 188 valence electrons. The Morgan fingerprint density at radius 3 is 1.44 bits per heavy atom. The molecule has 0 amide bonds. The Kier molecular flexibility index (Phi) is 8.06. The SMILES string of the molecule is Cc1ccc(S(=O)(=O)OS(=O)(=O)CCC[PH](c2ccccc2)(c2ccccc2)c2ccccc2)cc1. The van der Waals surface area contributed by atoms with Crippen molar-refractivity contribution < 1.29 is 20.5 Å². The second-order valence-corrected chi connectivity index (χ2v) is 16.2. The molecular formula is C28H29O5PS2. The van der Waals surface area contributed by atoms with E-state index in [1.807, 2.05) is 61.5 Å². The van der Waals surface area contributed by atoms with Crippen molar-refractivity contribution in [2.24, 2.45) is 0 Å². The molecule has 4 aromatic carbocycles. The summed E-state index contributed by atoms with van der Waals surface area (Å²) < 4.78 is 55.5. The summed E-state index contributed by atoms with van der Waals surface area (Å²) in [4.78, 5) is -0.182. The fourth-order valence-electron chi connectivity index (χ4n) is 4.53. The van der Waals surface area contributed by atoms with Gasteiger partial charge in [0.05, 0.1) is 0 Å². The summed E-state index contributed by atoms with van der Waals surface area (Å²) in [5, 5.41) is 3.48. The summed E-state index contributed by atoms with van der Waals surface area (Å²) in [7, 11) is -11.4. The van der Waals surface area contributed by atoms with E-state index in [2.05, 4.69) is 36.4 Å². The van der Waals surface area contributed by atoms with E-state index < -0.39 is 33.3 Å². The van der Waals surface area contributed by atoms with Crippen molar-refractivity contribution in [1.29, 1.82) is 0 Å². The third kappa shape index (κ3) is 5.93. The van der Waals surface area contributed by atoms with E-state index in [1.165, 1.54) is 12.1 Å². The van der Waals surface area contributed by atoms with Gasteiger partial charge < -0.3 is 0 Å². The molecule has 36 heavy (non-hydrogen) atoms. The van der Waals surface area contributed by atoms with Crippen LogP contribution in [0.2, 0.25) is 0 Å². The molecule has 0 saturated heterocycles. The zero-order chi connectivity index (χ0) is 25.7. The predicted molar refractivity (Wildman–Crippen MR) is 149 cm³/mol. The summed E-state index contributed by atoms with van der Waals surface area (Å²) in [6, 6.07) is 36.3. The van der Waals surface area contributed by atoms with E-state index in [9.17, 15) is 16.8 Å². The fraction of sp³-hybridized carbons (Fsp3) is 0.143. The average molecular weight is 541 g/mol. The molecule has 0 unspecified atom stereocenters. The quantitative estimate of drug-likeness (QED) is 0.283. The van der Waals surface area contributed by atoms with Gasteiger partial charge in [0.25, 0.3) is 0 Å². The molecule has 4 aromatic rings. The molecule has 0 aromatic heterocycles. The van der Waals surface area contributed by atoms with Gasteiger partial charge in [-0.25, -0.2) is 0 Å². The predicted octanol–water partition coefficient (Wildman–Crippen LogP) is 4.15. The molecule has 0 bridgehead atoms. The third-order valence-corrected chi connectivity index (χ3v) is 14.5. The zero-order valence-electron chi connectivity index (χ0n) is 19.9. The van der Waals surface area contributed by atoms with Crippen LogP contribution in [0.3, 0.4) is 0 Å². The number of benzene rings is 4. The number of hydrogen-bond acceptors (Lipinski definition) is 5. The molecule has 0 atom stereocenters. The summed E-state index contributed by atoms with van der Waals surface area (Å²) in [6.07, 6.45) is 0.814. The van der Waals surface area contributed by atoms with Gasteiger partial charge in [-0.05, 0) is 0 Å². The Labute approximate surface area is 214 Å². The number of rotatable bonds is 10. The molecule has 8 heteroatoms. The van der Waals surface area contributed by atoms with Crippen LogP contribution in [0.15, 0.2) is 120 Å². The molecule has 0 aliphatic rings. The van der Waals surface area contributed by atoms with Crippen molar-refractivity contribution >= 4 is 43.4 Å². The van der Waals surface area contributed by atoms with Crippen molar-refractivity contribution in [1.82, 2.24) is 0 Å². The van der Waals surface area contributed by atoms with Crippen molar-refractivity contribution in [3.63, 3.8) is 0 Å². The van der Waals surface area contributed by atoms with Crippen molar-refractivity contribution in [2.75, 3.05) is 11.9 Å². The van der Waals surface area contributed by atoms with Crippen LogP contribution in [-0.2, 0) is 23.9 Å². The molecule has 0 radical (unpaired) electrons. The standard InChI is InChI=1S/C28H29O5PS2/c1-24-18-20-28(21-19-24)36(31,32)33-35(29,30)23-11-22-34(25-12-5-2-6-13-25,26-14-7-3-8-15-26)27-16-9-4-10-17-27/h2-10,12-21,34H,11,22-23H2,1H3. The van der Waals surface area contributed by atoms with Crippen LogP contribution < -0.4 is 15.9 Å². The van der Waals surface area contributed by atoms with Crippen LogP contribution in [0, 0.1) is 6.92 Å². The Bertz CT molecular complexity index is 1390. The van der Waals surface area contributed by atoms with Gasteiger partial charge in [0.15, 0.2) is 0 Å². The first-order valence-electron chi connectivity index (χ1n) is 11.6. The molecule has 4 rings (SSSR count). The van der Waals surface area contributed by atoms with E-state index in [0.717, 1.165) is 21.5 Å². The average Bonchev–Trinajstić information content (AvgIpc) is 2.88. The number of hydrogen-bond donors (Lipinski definition) is 0. The Balaban J connectivity index is 1.65. The molecule has 0 N–H and O–H groups in total. The molecular weight excluding hydrogens is 511 g/mol. The van der Waals surface area contributed by atoms with Crippen molar-refractivity contribution in [3.8, 4) is 0 Å². The molecule has 0 aliphatic heterocycles. The van der Waals surface area contributed by atoms with Gasteiger partial charge in [-0.15, -0.1) is 0 Å². The van der Waals surface area contributed by atoms with Gasteiger partial charge in [0, 0.05) is 0 Å². The normalized spacial score (nSPS) is 12.8. The van der Waals surface area contributed by atoms with Crippen LogP contribution >= 0.6 is 7.26 Å². The van der Waals surface area contributed by atoms with Gasteiger partial charge in [0.2, 0.25) is 0 Å². The van der Waals surface area contributed by atoms with E-state index in [4.69, 9.17) is 3.63 Å². The summed E-state index contributed by atoms with van der Waals surface area (Å²) in [5.41, 5.74) is 0.862. The van der Waals surface area contributed by atoms with Gasteiger partial charge in [-0.2, -0.15) is 0 Å². The van der Waals surface area contributed by atoms with Crippen molar-refractivity contribution in [3.05, 3.63) is 121 Å². The molecule has 0 heterocycles. The van der Waals surface area contributed by atoms with E-state index in [0.29, 0.717) is 6.16 Å². The summed E-state index contributed by atoms with van der Waals surface area (Å²) in [6.45, 7) is 1.82. The minimum absolute atomic E-state index is 0.182. The van der Waals surface area contributed by atoms with Crippen LogP contribution in [0.5, 0.6) is 0 Å². The van der Waals surface area contributed by atoms with E-state index >= 15 is 0 Å². The van der Waals surface area contributed by atoms with Crippen LogP contribution in [0.25, 0.3) is 0 Å². The van der Waals surface area contributed by atoms with Gasteiger partial charge >= 0.3 is 215 Å². The maximum absolute atomic E-state index is 12.8. The molecule has 0 spiro atoms. The molecule has 0 saturated carbocycles. The number of aryl methyl sites for hydroxylation is 1. The summed E-state index contributed by atoms with van der Waals surface area (Å²) >= 11 is 0. The third-order valence-electron chi connectivity index (χ3n) is 6.25. The first-order chi connectivity index (χ1) is 17.2. The molecule has 0 fully saturated rings. The molecule has 5 nitrogen and oxygen atoms in total. The topological polar surface area (TPSA) is 77.5 Å². The monoisotopic (exact) mass is 540 g/mol. The van der Waals surface area contributed by atoms with Crippen LogP contribution in [-0.4, -0.2) is 28.8 Å². The van der Waals surface area contributed by atoms with Gasteiger partial charge in [0.1, 0.15) is 0 Å². The Morgan fingerprint density at radius 1 is 0.611 bits per heavy atom. The van der Waals surface area contributed by atoms with Crippen LogP contribution in [0.1, 0.15) is 12.0 Å². The Morgan fingerprint density at radius 2 is 1.03 bits per heavy atom. The second kappa shape index (κ2) is 11.1. The van der Waals surface area contributed by atoms with Gasteiger partial charge in [-0.3, -0.25) is 0 Å². The fourth-order valence-corrected chi connectivity index (χ4v) is 12.3. The van der Waals surface area contributed by atoms with Gasteiger partial charge in [-0.1, -0.05) is 0 Å². The zero-order valence-corrected chi connectivity index (χ0v) is 22.6. The molecule has 0 aliphatic carbocycles. The van der Waals surface area contributed by atoms with E-state index in [-0.39, 0.29) is 11.3 Å². The van der Waals surface area contributed by atoms with Crippen LogP contribution in [0.4, 0.5) is 0 Å². The maximum atomic E-state index is 12.8. The first-order valence-corrected chi connectivity index (χ1v) is 16.8. The van der Waals surface area contributed by atoms with Crippen molar-refractivity contribution in [2.45, 2.75) is 18.2 Å².